The Labute approximate surface area is 192 Å². The zero-order valence-electron chi connectivity index (χ0n) is 17.9. The molecule has 13 nitrogen and oxygen atoms in total. The third kappa shape index (κ3) is 6.38. The van der Waals surface area contributed by atoms with Crippen molar-refractivity contribution in [2.75, 3.05) is 7.11 Å². The van der Waals surface area contributed by atoms with Crippen molar-refractivity contribution in [2.45, 2.75) is 38.3 Å². The standard InChI is InChI=1S/C21H20N2O11/c1-30-20(24)18-3-2-4-19(34-18)33-17-10-5-13(11-16(17)23(28)29)12-31-21(25)32-15-8-6-14(7-9-15)22(26)27/h5-11,18-19H,2-4,12H2,1H3. The number of hydrogen-bond acceptors (Lipinski definition) is 11. The lowest BCUT2D eigenvalue weighted by molar-refractivity contribution is -0.386. The molecule has 0 bridgehead atoms. The highest BCUT2D eigenvalue weighted by molar-refractivity contribution is 5.74. The van der Waals surface area contributed by atoms with Crippen molar-refractivity contribution in [3.05, 3.63) is 68.3 Å². The van der Waals surface area contributed by atoms with Crippen molar-refractivity contribution in [3.8, 4) is 11.5 Å². The first-order valence-electron chi connectivity index (χ1n) is 10.0. The van der Waals surface area contributed by atoms with Gasteiger partial charge in [0, 0.05) is 24.6 Å². The Balaban J connectivity index is 1.60. The lowest BCUT2D eigenvalue weighted by atomic mass is 10.1. The van der Waals surface area contributed by atoms with Crippen LogP contribution in [-0.2, 0) is 25.6 Å². The van der Waals surface area contributed by atoms with Gasteiger partial charge in [0.25, 0.3) is 5.69 Å². The van der Waals surface area contributed by atoms with E-state index in [4.69, 9.17) is 18.9 Å². The minimum atomic E-state index is -1.10. The number of nitro benzene ring substituents is 2. The van der Waals surface area contributed by atoms with Crippen LogP contribution in [0.4, 0.5) is 16.2 Å². The first-order valence-corrected chi connectivity index (χ1v) is 10.0. The van der Waals surface area contributed by atoms with Crippen molar-refractivity contribution in [1.29, 1.82) is 0 Å². The van der Waals surface area contributed by atoms with Gasteiger partial charge in [-0.1, -0.05) is 6.07 Å². The molecule has 2 aromatic carbocycles. The Kier molecular flexibility index (Phi) is 7.92. The molecule has 2 unspecified atom stereocenters. The van der Waals surface area contributed by atoms with Crippen molar-refractivity contribution in [3.63, 3.8) is 0 Å². The summed E-state index contributed by atoms with van der Waals surface area (Å²) in [5, 5.41) is 22.2. The van der Waals surface area contributed by atoms with Crippen LogP contribution in [0.5, 0.6) is 11.5 Å². The summed E-state index contributed by atoms with van der Waals surface area (Å²) in [7, 11) is 1.24. The van der Waals surface area contributed by atoms with Crippen LogP contribution in [0.15, 0.2) is 42.5 Å². The van der Waals surface area contributed by atoms with Crippen LogP contribution in [0.3, 0.4) is 0 Å². The number of benzene rings is 2. The maximum absolute atomic E-state index is 11.9. The molecule has 0 amide bonds. The fourth-order valence-electron chi connectivity index (χ4n) is 3.12. The lowest BCUT2D eigenvalue weighted by Gasteiger charge is -2.28. The van der Waals surface area contributed by atoms with Gasteiger partial charge in [-0.3, -0.25) is 20.2 Å². The minimum absolute atomic E-state index is 0.0306. The Morgan fingerprint density at radius 3 is 2.44 bits per heavy atom. The van der Waals surface area contributed by atoms with E-state index in [9.17, 15) is 29.8 Å². The number of nitrogens with zero attached hydrogens (tertiary/aromatic N) is 2. The second-order valence-electron chi connectivity index (χ2n) is 7.08. The molecule has 0 radical (unpaired) electrons. The maximum Gasteiger partial charge on any atom is 0.514 e. The van der Waals surface area contributed by atoms with Crippen LogP contribution in [0.1, 0.15) is 24.8 Å². The Morgan fingerprint density at radius 2 is 1.79 bits per heavy atom. The molecule has 2 atom stereocenters. The monoisotopic (exact) mass is 476 g/mol. The maximum atomic E-state index is 11.9. The molecular formula is C21H20N2O11. The number of hydrogen-bond donors (Lipinski definition) is 0. The molecule has 1 aliphatic heterocycles. The molecule has 13 heteroatoms. The van der Waals surface area contributed by atoms with Gasteiger partial charge in [-0.25, -0.2) is 9.59 Å². The summed E-state index contributed by atoms with van der Waals surface area (Å²) in [5.74, 6) is -0.586. The molecule has 2 aromatic rings. The van der Waals surface area contributed by atoms with Gasteiger partial charge < -0.3 is 23.7 Å². The largest absolute Gasteiger partial charge is 0.514 e. The van der Waals surface area contributed by atoms with Crippen LogP contribution in [0.2, 0.25) is 0 Å². The second-order valence-corrected chi connectivity index (χ2v) is 7.08. The number of rotatable bonds is 8. The predicted octanol–water partition coefficient (Wildman–Crippen LogP) is 3.67. The molecule has 1 aliphatic rings. The molecule has 0 aromatic heterocycles. The molecule has 3 rings (SSSR count). The number of methoxy groups -OCH3 is 1. The van der Waals surface area contributed by atoms with Crippen LogP contribution in [0.25, 0.3) is 0 Å². The summed E-state index contributed by atoms with van der Waals surface area (Å²) in [4.78, 5) is 44.5. The molecule has 1 saturated heterocycles. The summed E-state index contributed by atoms with van der Waals surface area (Å²) < 4.78 is 25.7. The number of non-ortho nitro benzene ring substituents is 1. The number of esters is 1. The molecule has 0 aliphatic carbocycles. The van der Waals surface area contributed by atoms with Gasteiger partial charge >= 0.3 is 17.8 Å². The van der Waals surface area contributed by atoms with E-state index < -0.39 is 34.4 Å². The molecule has 0 N–H and O–H groups in total. The normalized spacial score (nSPS) is 17.3. The van der Waals surface area contributed by atoms with Gasteiger partial charge in [0.05, 0.1) is 17.0 Å². The van der Waals surface area contributed by atoms with Gasteiger partial charge in [0.1, 0.15) is 12.4 Å². The topological polar surface area (TPSA) is 167 Å². The van der Waals surface area contributed by atoms with Crippen molar-refractivity contribution >= 4 is 23.5 Å². The van der Waals surface area contributed by atoms with E-state index in [1.54, 1.807) is 0 Å². The number of nitro groups is 2. The molecular weight excluding hydrogens is 456 g/mol. The third-order valence-electron chi connectivity index (χ3n) is 4.77. The quantitative estimate of drug-likeness (QED) is 0.236. The zero-order valence-corrected chi connectivity index (χ0v) is 17.9. The van der Waals surface area contributed by atoms with Gasteiger partial charge in [0.2, 0.25) is 6.29 Å². The first kappa shape index (κ1) is 24.4. The number of carbonyl (C=O) groups excluding carboxylic acids is 2. The minimum Gasteiger partial charge on any atom is -0.467 e. The zero-order chi connectivity index (χ0) is 24.7. The molecule has 0 saturated carbocycles. The van der Waals surface area contributed by atoms with Crippen molar-refractivity contribution in [1.82, 2.24) is 0 Å². The highest BCUT2D eigenvalue weighted by Gasteiger charge is 2.31. The van der Waals surface area contributed by atoms with Crippen LogP contribution in [0, 0.1) is 20.2 Å². The average Bonchev–Trinajstić information content (AvgIpc) is 2.83. The molecule has 1 fully saturated rings. The number of carbonyl (C=O) groups is 2. The summed E-state index contributed by atoms with van der Waals surface area (Å²) >= 11 is 0. The van der Waals surface area contributed by atoms with Crippen LogP contribution < -0.4 is 9.47 Å². The fourth-order valence-corrected chi connectivity index (χ4v) is 3.12. The summed E-state index contributed by atoms with van der Waals surface area (Å²) in [6, 6.07) is 8.76. The average molecular weight is 476 g/mol. The molecule has 180 valence electrons. The Morgan fingerprint density at radius 1 is 1.06 bits per heavy atom. The lowest BCUT2D eigenvalue weighted by Crippen LogP contribution is -2.37. The van der Waals surface area contributed by atoms with E-state index in [0.29, 0.717) is 19.3 Å². The van der Waals surface area contributed by atoms with Crippen LogP contribution in [-0.4, -0.2) is 41.5 Å². The number of ether oxygens (including phenoxy) is 5. The molecule has 0 spiro atoms. The molecule has 34 heavy (non-hydrogen) atoms. The van der Waals surface area contributed by atoms with E-state index >= 15 is 0 Å². The predicted molar refractivity (Wildman–Crippen MR) is 112 cm³/mol. The fraction of sp³-hybridized carbons (Fsp3) is 0.333. The van der Waals surface area contributed by atoms with Gasteiger partial charge in [-0.2, -0.15) is 0 Å². The van der Waals surface area contributed by atoms with E-state index in [2.05, 4.69) is 4.74 Å². The second kappa shape index (κ2) is 11.0. The van der Waals surface area contributed by atoms with Crippen molar-refractivity contribution < 1.29 is 43.1 Å². The highest BCUT2D eigenvalue weighted by Crippen LogP contribution is 2.32. The summed E-state index contributed by atoms with van der Waals surface area (Å²) in [6.45, 7) is -0.336. The highest BCUT2D eigenvalue weighted by atomic mass is 16.7. The van der Waals surface area contributed by atoms with E-state index in [0.717, 1.165) is 12.1 Å². The van der Waals surface area contributed by atoms with E-state index in [1.165, 1.54) is 37.4 Å². The first-order chi connectivity index (χ1) is 16.3. The van der Waals surface area contributed by atoms with Gasteiger partial charge in [-0.15, -0.1) is 0 Å². The Hall–Kier alpha value is -4.26. The van der Waals surface area contributed by atoms with E-state index in [1.807, 2.05) is 0 Å². The summed E-state index contributed by atoms with van der Waals surface area (Å²) in [5.41, 5.74) is -0.264. The SMILES string of the molecule is COC(=O)C1CCCC(Oc2ccc(COC(=O)Oc3ccc([N+](=O)[O-])cc3)cc2[N+](=O)[O-])O1. The van der Waals surface area contributed by atoms with Gasteiger partial charge in [0.15, 0.2) is 11.9 Å². The van der Waals surface area contributed by atoms with Crippen molar-refractivity contribution in [2.24, 2.45) is 0 Å². The van der Waals surface area contributed by atoms with E-state index in [-0.39, 0.29) is 35.0 Å². The Bertz CT molecular complexity index is 1070. The smallest absolute Gasteiger partial charge is 0.467 e. The third-order valence-corrected chi connectivity index (χ3v) is 4.77. The summed E-state index contributed by atoms with van der Waals surface area (Å²) in [6.07, 6.45) is -1.26. The molecule has 1 heterocycles. The van der Waals surface area contributed by atoms with Crippen LogP contribution >= 0.6 is 0 Å². The van der Waals surface area contributed by atoms with Gasteiger partial charge in [-0.05, 0) is 36.6 Å².